The number of hydrogen-bond acceptors (Lipinski definition) is 3. The molecule has 1 atom stereocenters. The first kappa shape index (κ1) is 16.4. The third kappa shape index (κ3) is 7.36. The van der Waals surface area contributed by atoms with Gasteiger partial charge in [0.2, 0.25) is 5.91 Å². The number of amides is 1. The van der Waals surface area contributed by atoms with Gasteiger partial charge in [-0.2, -0.15) is 0 Å². The third-order valence-corrected chi connectivity index (χ3v) is 3.27. The van der Waals surface area contributed by atoms with Crippen molar-refractivity contribution in [2.75, 3.05) is 13.1 Å². The summed E-state index contributed by atoms with van der Waals surface area (Å²) in [6, 6.07) is 4.43. The van der Waals surface area contributed by atoms with Gasteiger partial charge in [0.15, 0.2) is 0 Å². The first-order valence-electron chi connectivity index (χ1n) is 5.74. The largest absolute Gasteiger partial charge is 0.355 e. The molecule has 0 unspecified atom stereocenters. The van der Waals surface area contributed by atoms with Crippen molar-refractivity contribution in [2.24, 2.45) is 0 Å². The second-order valence-corrected chi connectivity index (χ2v) is 4.87. The minimum absolute atomic E-state index is 0. The van der Waals surface area contributed by atoms with Gasteiger partial charge < -0.3 is 10.6 Å². The monoisotopic (exact) mass is 276 g/mol. The average Bonchev–Trinajstić information content (AvgIpc) is 2.77. The molecule has 3 nitrogen and oxygen atoms in total. The Morgan fingerprint density at radius 1 is 1.53 bits per heavy atom. The summed E-state index contributed by atoms with van der Waals surface area (Å²) in [7, 11) is 0. The normalized spacial score (nSPS) is 11.6. The highest BCUT2D eigenvalue weighted by molar-refractivity contribution is 7.09. The third-order valence-electron chi connectivity index (χ3n) is 2.34. The highest BCUT2D eigenvalue weighted by Gasteiger charge is 2.04. The molecule has 0 saturated carbocycles. The predicted octanol–water partition coefficient (Wildman–Crippen LogP) is 2.22. The summed E-state index contributed by atoms with van der Waals surface area (Å²) in [5, 5.41) is 8.23. The maximum absolute atomic E-state index is 11.5. The Bertz CT molecular complexity index is 303. The summed E-state index contributed by atoms with van der Waals surface area (Å²) in [5.41, 5.74) is 0. The van der Waals surface area contributed by atoms with E-state index in [0.717, 1.165) is 13.0 Å². The van der Waals surface area contributed by atoms with E-state index < -0.39 is 0 Å². The van der Waals surface area contributed by atoms with Crippen molar-refractivity contribution < 1.29 is 4.79 Å². The van der Waals surface area contributed by atoms with Crippen LogP contribution in [0.1, 0.15) is 25.1 Å². The number of nitrogens with one attached hydrogen (secondary N) is 2. The van der Waals surface area contributed by atoms with E-state index in [0.29, 0.717) is 19.0 Å². The Morgan fingerprint density at radius 3 is 2.88 bits per heavy atom. The highest BCUT2D eigenvalue weighted by Crippen LogP contribution is 2.10. The molecule has 0 bridgehead atoms. The van der Waals surface area contributed by atoms with Crippen molar-refractivity contribution in [1.29, 1.82) is 0 Å². The second-order valence-electron chi connectivity index (χ2n) is 3.84. The Balaban J connectivity index is 0.00000256. The van der Waals surface area contributed by atoms with E-state index in [1.54, 1.807) is 11.3 Å². The number of carbonyl (C=O) groups is 1. The molecular formula is C12H21ClN2OS. The molecule has 1 aromatic heterocycles. The van der Waals surface area contributed by atoms with Crippen molar-refractivity contribution in [2.45, 2.75) is 32.7 Å². The SMILES string of the molecule is CCN[C@H](C)CNC(=O)CCc1cccs1.Cl. The first-order chi connectivity index (χ1) is 7.72. The molecule has 0 fully saturated rings. The van der Waals surface area contributed by atoms with Crippen LogP contribution in [0.25, 0.3) is 0 Å². The maximum Gasteiger partial charge on any atom is 0.220 e. The zero-order chi connectivity index (χ0) is 11.8. The number of rotatable bonds is 7. The lowest BCUT2D eigenvalue weighted by Crippen LogP contribution is -2.38. The molecule has 17 heavy (non-hydrogen) atoms. The van der Waals surface area contributed by atoms with E-state index in [-0.39, 0.29) is 18.3 Å². The molecule has 0 spiro atoms. The van der Waals surface area contributed by atoms with Gasteiger partial charge in [0.05, 0.1) is 0 Å². The van der Waals surface area contributed by atoms with Crippen molar-refractivity contribution >= 4 is 29.7 Å². The second kappa shape index (κ2) is 9.45. The van der Waals surface area contributed by atoms with Gasteiger partial charge in [-0.15, -0.1) is 23.7 Å². The lowest BCUT2D eigenvalue weighted by Gasteiger charge is -2.12. The smallest absolute Gasteiger partial charge is 0.220 e. The molecule has 5 heteroatoms. The summed E-state index contributed by atoms with van der Waals surface area (Å²) >= 11 is 1.71. The molecule has 0 aliphatic carbocycles. The van der Waals surface area contributed by atoms with Gasteiger partial charge >= 0.3 is 0 Å². The zero-order valence-electron chi connectivity index (χ0n) is 10.4. The highest BCUT2D eigenvalue weighted by atomic mass is 35.5. The van der Waals surface area contributed by atoms with E-state index >= 15 is 0 Å². The number of thiophene rings is 1. The Hall–Kier alpha value is -0.580. The quantitative estimate of drug-likeness (QED) is 0.802. The van der Waals surface area contributed by atoms with Crippen LogP contribution in [0, 0.1) is 0 Å². The predicted molar refractivity (Wildman–Crippen MR) is 76.0 cm³/mol. The Labute approximate surface area is 113 Å². The molecule has 0 aliphatic heterocycles. The van der Waals surface area contributed by atoms with Crippen LogP contribution in [0.3, 0.4) is 0 Å². The van der Waals surface area contributed by atoms with Crippen LogP contribution >= 0.6 is 23.7 Å². The molecule has 1 aromatic rings. The number of aryl methyl sites for hydroxylation is 1. The lowest BCUT2D eigenvalue weighted by atomic mass is 10.2. The van der Waals surface area contributed by atoms with Gasteiger partial charge in [-0.05, 0) is 31.3 Å². The van der Waals surface area contributed by atoms with Crippen LogP contribution in [-0.2, 0) is 11.2 Å². The molecule has 98 valence electrons. The zero-order valence-corrected chi connectivity index (χ0v) is 12.0. The maximum atomic E-state index is 11.5. The van der Waals surface area contributed by atoms with Gasteiger partial charge in [-0.1, -0.05) is 13.0 Å². The van der Waals surface area contributed by atoms with Crippen molar-refractivity contribution in [3.05, 3.63) is 22.4 Å². The fourth-order valence-corrected chi connectivity index (χ4v) is 2.18. The van der Waals surface area contributed by atoms with Crippen LogP contribution in [0.4, 0.5) is 0 Å². The fraction of sp³-hybridized carbons (Fsp3) is 0.583. The standard InChI is InChI=1S/C12H20N2OS.ClH/c1-3-13-10(2)9-14-12(15)7-6-11-5-4-8-16-11;/h4-5,8,10,13H,3,6-7,9H2,1-2H3,(H,14,15);1H/t10-;/m1./s1. The van der Waals surface area contributed by atoms with Crippen molar-refractivity contribution in [1.82, 2.24) is 10.6 Å². The van der Waals surface area contributed by atoms with Crippen molar-refractivity contribution in [3.63, 3.8) is 0 Å². The van der Waals surface area contributed by atoms with Crippen LogP contribution < -0.4 is 10.6 Å². The van der Waals surface area contributed by atoms with E-state index in [9.17, 15) is 4.79 Å². The van der Waals surface area contributed by atoms with Crippen LogP contribution in [0.15, 0.2) is 17.5 Å². The lowest BCUT2D eigenvalue weighted by molar-refractivity contribution is -0.121. The fourth-order valence-electron chi connectivity index (χ4n) is 1.47. The number of hydrogen-bond donors (Lipinski definition) is 2. The van der Waals surface area contributed by atoms with Gasteiger partial charge in [0.1, 0.15) is 0 Å². The number of carbonyl (C=O) groups excluding carboxylic acids is 1. The first-order valence-corrected chi connectivity index (χ1v) is 6.62. The van der Waals surface area contributed by atoms with Crippen LogP contribution in [-0.4, -0.2) is 25.0 Å². The molecular weight excluding hydrogens is 256 g/mol. The molecule has 0 aliphatic rings. The molecule has 0 saturated heterocycles. The molecule has 1 amide bonds. The van der Waals surface area contributed by atoms with E-state index in [1.165, 1.54) is 4.88 Å². The number of likely N-dealkylation sites (N-methyl/N-ethyl adjacent to an activating group) is 1. The van der Waals surface area contributed by atoms with Crippen LogP contribution in [0.5, 0.6) is 0 Å². The van der Waals surface area contributed by atoms with Crippen LogP contribution in [0.2, 0.25) is 0 Å². The molecule has 1 rings (SSSR count). The average molecular weight is 277 g/mol. The molecule has 0 aromatic carbocycles. The van der Waals surface area contributed by atoms with Crippen molar-refractivity contribution in [3.8, 4) is 0 Å². The van der Waals surface area contributed by atoms with Gasteiger partial charge in [0, 0.05) is 23.9 Å². The van der Waals surface area contributed by atoms with Gasteiger partial charge in [-0.25, -0.2) is 0 Å². The summed E-state index contributed by atoms with van der Waals surface area (Å²) in [4.78, 5) is 12.8. The minimum atomic E-state index is 0. The summed E-state index contributed by atoms with van der Waals surface area (Å²) < 4.78 is 0. The van der Waals surface area contributed by atoms with E-state index in [2.05, 4.69) is 30.5 Å². The summed E-state index contributed by atoms with van der Waals surface area (Å²) in [5.74, 6) is 0.137. The summed E-state index contributed by atoms with van der Waals surface area (Å²) in [6.45, 7) is 5.78. The Morgan fingerprint density at radius 2 is 2.29 bits per heavy atom. The molecule has 1 heterocycles. The van der Waals surface area contributed by atoms with Gasteiger partial charge in [0.25, 0.3) is 0 Å². The number of halogens is 1. The molecule has 2 N–H and O–H groups in total. The van der Waals surface area contributed by atoms with E-state index in [4.69, 9.17) is 0 Å². The summed E-state index contributed by atoms with van der Waals surface area (Å²) in [6.07, 6.45) is 1.43. The van der Waals surface area contributed by atoms with Gasteiger partial charge in [-0.3, -0.25) is 4.79 Å². The van der Waals surface area contributed by atoms with E-state index in [1.807, 2.05) is 11.4 Å². The minimum Gasteiger partial charge on any atom is -0.355 e. The topological polar surface area (TPSA) is 41.1 Å². The molecule has 0 radical (unpaired) electrons. The Kier molecular flexibility index (Phi) is 9.13.